The Morgan fingerprint density at radius 3 is 2.76 bits per heavy atom. The van der Waals surface area contributed by atoms with Crippen LogP contribution in [0.25, 0.3) is 10.6 Å². The van der Waals surface area contributed by atoms with E-state index in [0.717, 1.165) is 51.5 Å². The summed E-state index contributed by atoms with van der Waals surface area (Å²) in [6, 6.07) is 10.8. The van der Waals surface area contributed by atoms with Crippen LogP contribution in [-0.2, 0) is 11.3 Å². The van der Waals surface area contributed by atoms with E-state index in [9.17, 15) is 9.59 Å². The highest BCUT2D eigenvalue weighted by Crippen LogP contribution is 2.41. The maximum atomic E-state index is 12.2. The number of allylic oxidation sites excluding steroid dienone is 3. The molecule has 8 heteroatoms. The second-order valence-corrected chi connectivity index (χ2v) is 10.2. The average Bonchev–Trinajstić information content (AvgIpc) is 3.25. The topological polar surface area (TPSA) is 91.3 Å². The molecule has 174 valence electrons. The number of nitrogens with zero attached hydrogens (tertiary/aromatic N) is 1. The molecule has 0 saturated carbocycles. The van der Waals surface area contributed by atoms with Gasteiger partial charge in [-0.3, -0.25) is 9.59 Å². The minimum absolute atomic E-state index is 0.0632. The number of aromatic hydroxyl groups is 1. The van der Waals surface area contributed by atoms with Gasteiger partial charge in [0.25, 0.3) is 5.91 Å². The van der Waals surface area contributed by atoms with Gasteiger partial charge in [0.2, 0.25) is 0 Å². The molecule has 34 heavy (non-hydrogen) atoms. The van der Waals surface area contributed by atoms with Gasteiger partial charge in [0.1, 0.15) is 17.0 Å². The minimum atomic E-state index is -0.0632. The molecule has 2 aliphatic rings. The van der Waals surface area contributed by atoms with Crippen LogP contribution in [0.5, 0.6) is 5.75 Å². The number of benzene rings is 2. The zero-order valence-corrected chi connectivity index (χ0v) is 20.5. The van der Waals surface area contributed by atoms with Gasteiger partial charge in [-0.05, 0) is 56.3 Å². The van der Waals surface area contributed by atoms with Crippen LogP contribution in [0.2, 0.25) is 0 Å². The number of rotatable bonds is 4. The van der Waals surface area contributed by atoms with E-state index >= 15 is 0 Å². The molecule has 6 nitrogen and oxygen atoms in total. The Labute approximate surface area is 206 Å². The highest BCUT2D eigenvalue weighted by atomic mass is 32.2. The smallest absolute Gasteiger partial charge is 0.252 e. The Hall–Kier alpha value is -3.20. The third-order valence-corrected chi connectivity index (χ3v) is 7.86. The van der Waals surface area contributed by atoms with Gasteiger partial charge in [0, 0.05) is 44.5 Å². The number of nitrogens with one attached hydrogen (secondary N) is 2. The number of hydrogen-bond donors (Lipinski definition) is 3. The molecule has 1 atom stereocenters. The lowest BCUT2D eigenvalue weighted by Gasteiger charge is -2.16. The summed E-state index contributed by atoms with van der Waals surface area (Å²) in [4.78, 5) is 29.8. The number of phenolic OH excluding ortho intramolecular Hbond substituents is 1. The lowest BCUT2D eigenvalue weighted by Crippen LogP contribution is -2.20. The van der Waals surface area contributed by atoms with Crippen molar-refractivity contribution in [2.24, 2.45) is 0 Å². The zero-order valence-electron chi connectivity index (χ0n) is 18.9. The van der Waals surface area contributed by atoms with Crippen molar-refractivity contribution >= 4 is 41.0 Å². The molecule has 0 fully saturated rings. The van der Waals surface area contributed by atoms with Gasteiger partial charge in [-0.2, -0.15) is 0 Å². The molecule has 3 aromatic rings. The Balaban J connectivity index is 0.000000166. The number of fused-ring (bicyclic) bond motifs is 2. The van der Waals surface area contributed by atoms with E-state index in [-0.39, 0.29) is 16.9 Å². The number of anilines is 1. The first kappa shape index (κ1) is 23.9. The van der Waals surface area contributed by atoms with E-state index in [2.05, 4.69) is 21.7 Å². The molecule has 0 spiro atoms. The number of thioether (sulfide) groups is 1. The van der Waals surface area contributed by atoms with Crippen molar-refractivity contribution in [1.82, 2.24) is 10.3 Å². The molecule has 2 heterocycles. The van der Waals surface area contributed by atoms with Gasteiger partial charge in [0.05, 0.1) is 5.69 Å². The van der Waals surface area contributed by atoms with Crippen molar-refractivity contribution < 1.29 is 14.7 Å². The molecule has 1 aromatic heterocycles. The number of carbonyl (C=O) groups is 2. The molecule has 2 aromatic carbocycles. The van der Waals surface area contributed by atoms with Crippen molar-refractivity contribution in [2.75, 3.05) is 12.4 Å². The second-order valence-electron chi connectivity index (χ2n) is 7.83. The highest BCUT2D eigenvalue weighted by molar-refractivity contribution is 8.00. The first-order valence-corrected chi connectivity index (χ1v) is 12.5. The Morgan fingerprint density at radius 2 is 2.03 bits per heavy atom. The lowest BCUT2D eigenvalue weighted by molar-refractivity contribution is -0.112. The highest BCUT2D eigenvalue weighted by Gasteiger charge is 2.28. The van der Waals surface area contributed by atoms with Crippen LogP contribution in [0.15, 0.2) is 71.3 Å². The molecule has 3 N–H and O–H groups in total. The van der Waals surface area contributed by atoms with Crippen LogP contribution in [0.1, 0.15) is 27.2 Å². The van der Waals surface area contributed by atoms with Crippen molar-refractivity contribution in [2.45, 2.75) is 30.0 Å². The number of phenols is 1. The predicted molar refractivity (Wildman–Crippen MR) is 139 cm³/mol. The maximum Gasteiger partial charge on any atom is 0.252 e. The normalized spacial score (nSPS) is 16.2. The van der Waals surface area contributed by atoms with Crippen LogP contribution in [0.4, 0.5) is 5.69 Å². The van der Waals surface area contributed by atoms with Gasteiger partial charge in [0.15, 0.2) is 0 Å². The molecule has 0 bridgehead atoms. The summed E-state index contributed by atoms with van der Waals surface area (Å²) in [6.07, 6.45) is 9.43. The second kappa shape index (κ2) is 10.8. The van der Waals surface area contributed by atoms with E-state index in [0.29, 0.717) is 5.56 Å². The predicted octanol–water partition coefficient (Wildman–Crippen LogP) is 5.34. The summed E-state index contributed by atoms with van der Waals surface area (Å²) in [5.41, 5.74) is 4.07. The van der Waals surface area contributed by atoms with E-state index in [1.54, 1.807) is 35.2 Å². The Kier molecular flexibility index (Phi) is 7.62. The fraction of sp³-hybridized carbons (Fsp3) is 0.192. The molecule has 5 rings (SSSR count). The minimum Gasteiger partial charge on any atom is -0.508 e. The standard InChI is InChI=1S/C15H13NO2S.C11H12N2OS/c1-9-10(8-17)6-7-13-14(9)16-15(18)11-4-2-3-5-12(11)19-13;1-12-6-10-7-13-11(15-10)8-2-4-9(14)5-3-8/h2-4,6-8,12H,5H2,1H3,(H,16,18);2-5,7,12,14H,6H2,1H3. The monoisotopic (exact) mass is 491 g/mol. The van der Waals surface area contributed by atoms with Crippen LogP contribution in [-0.4, -0.2) is 34.6 Å². The first-order chi connectivity index (χ1) is 16.5. The van der Waals surface area contributed by atoms with E-state index in [4.69, 9.17) is 5.11 Å². The largest absolute Gasteiger partial charge is 0.508 e. The first-order valence-electron chi connectivity index (χ1n) is 10.8. The fourth-order valence-electron chi connectivity index (χ4n) is 3.67. The van der Waals surface area contributed by atoms with Crippen molar-refractivity contribution in [3.63, 3.8) is 0 Å². The molecule has 1 unspecified atom stereocenters. The number of hydrogen-bond acceptors (Lipinski definition) is 7. The van der Waals surface area contributed by atoms with E-state index in [1.165, 1.54) is 4.88 Å². The summed E-state index contributed by atoms with van der Waals surface area (Å²) in [6.45, 7) is 2.71. The van der Waals surface area contributed by atoms with Crippen LogP contribution < -0.4 is 10.6 Å². The zero-order chi connectivity index (χ0) is 24.1. The molecule has 1 aliphatic carbocycles. The fourth-order valence-corrected chi connectivity index (χ4v) is 5.89. The lowest BCUT2D eigenvalue weighted by atomic mass is 10.0. The molecule has 0 radical (unpaired) electrons. The number of aromatic nitrogens is 1. The summed E-state index contributed by atoms with van der Waals surface area (Å²) in [7, 11) is 1.92. The third-order valence-electron chi connectivity index (χ3n) is 5.49. The molecular weight excluding hydrogens is 466 g/mol. The molecule has 0 saturated heterocycles. The summed E-state index contributed by atoms with van der Waals surface area (Å²) in [5, 5.41) is 16.3. The third kappa shape index (κ3) is 5.30. The van der Waals surface area contributed by atoms with E-state index < -0.39 is 0 Å². The van der Waals surface area contributed by atoms with E-state index in [1.807, 2.05) is 56.6 Å². The van der Waals surface area contributed by atoms with Gasteiger partial charge < -0.3 is 15.7 Å². The summed E-state index contributed by atoms with van der Waals surface area (Å²) in [5.74, 6) is 0.220. The van der Waals surface area contributed by atoms with Gasteiger partial charge in [-0.1, -0.05) is 24.3 Å². The summed E-state index contributed by atoms with van der Waals surface area (Å²) < 4.78 is 0. The van der Waals surface area contributed by atoms with Crippen LogP contribution in [0, 0.1) is 6.92 Å². The number of thiazole rings is 1. The van der Waals surface area contributed by atoms with Gasteiger partial charge in [-0.25, -0.2) is 4.98 Å². The van der Waals surface area contributed by atoms with Gasteiger partial charge >= 0.3 is 0 Å². The number of aldehydes is 1. The van der Waals surface area contributed by atoms with Crippen LogP contribution in [0.3, 0.4) is 0 Å². The Bertz CT molecular complexity index is 1260. The molecular formula is C26H25N3O3S2. The summed E-state index contributed by atoms with van der Waals surface area (Å²) >= 11 is 3.34. The van der Waals surface area contributed by atoms with Crippen molar-refractivity contribution in [1.29, 1.82) is 0 Å². The average molecular weight is 492 g/mol. The van der Waals surface area contributed by atoms with Crippen molar-refractivity contribution in [3.8, 4) is 16.3 Å². The molecule has 1 amide bonds. The Morgan fingerprint density at radius 1 is 1.24 bits per heavy atom. The van der Waals surface area contributed by atoms with Crippen molar-refractivity contribution in [3.05, 3.63) is 82.4 Å². The van der Waals surface area contributed by atoms with Crippen LogP contribution >= 0.6 is 23.1 Å². The van der Waals surface area contributed by atoms with Gasteiger partial charge in [-0.15, -0.1) is 23.1 Å². The molecule has 1 aliphatic heterocycles. The maximum absolute atomic E-state index is 12.2. The quantitative estimate of drug-likeness (QED) is 0.427. The number of carbonyl (C=O) groups excluding carboxylic acids is 2. The SMILES string of the molecule is CNCc1cnc(-c2ccc(O)cc2)s1.Cc1c(C=O)ccc2c1NC(=O)C1=CC=CCC1S2. The number of amides is 1.